The Morgan fingerprint density at radius 2 is 2.06 bits per heavy atom. The molecule has 0 aliphatic carbocycles. The van der Waals surface area contributed by atoms with Crippen LogP contribution in [-0.2, 0) is 19.3 Å². The maximum atomic E-state index is 14.6. The van der Waals surface area contributed by atoms with Crippen LogP contribution in [0.4, 0.5) is 4.39 Å². The van der Waals surface area contributed by atoms with Gasteiger partial charge >= 0.3 is 0 Å². The number of halogens is 1. The van der Waals surface area contributed by atoms with Gasteiger partial charge in [-0.3, -0.25) is 14.2 Å². The number of pyridine rings is 1. The summed E-state index contributed by atoms with van der Waals surface area (Å²) < 4.78 is 22.0. The standard InChI is InChI=1S/C24H22FN5O2/c1-14-15(4-3-10-27-14)18-12-28-21(30-13-29-22(23(18)30)24(31)26-2)8-5-16-17-9-11-32-20(17)7-6-19(16)25/h3-4,6-7,10,12-13H,5,8-9,11H2,1-2H3,(H,26,31). The fraction of sp³-hybridized carbons (Fsp3) is 0.250. The Morgan fingerprint density at radius 3 is 2.88 bits per heavy atom. The Kier molecular flexibility index (Phi) is 5.05. The Labute approximate surface area is 184 Å². The summed E-state index contributed by atoms with van der Waals surface area (Å²) in [5.74, 6) is 0.941. The topological polar surface area (TPSA) is 81.4 Å². The summed E-state index contributed by atoms with van der Waals surface area (Å²) in [6.45, 7) is 2.49. The lowest BCUT2D eigenvalue weighted by molar-refractivity contribution is 0.0960. The van der Waals surface area contributed by atoms with Gasteiger partial charge in [0.25, 0.3) is 5.91 Å². The minimum atomic E-state index is -0.281. The number of rotatable bonds is 5. The molecule has 0 saturated carbocycles. The normalized spacial score (nSPS) is 12.6. The van der Waals surface area contributed by atoms with E-state index in [-0.39, 0.29) is 11.7 Å². The molecule has 1 amide bonds. The van der Waals surface area contributed by atoms with Gasteiger partial charge in [-0.2, -0.15) is 0 Å². The second-order valence-corrected chi connectivity index (χ2v) is 7.72. The van der Waals surface area contributed by atoms with Crippen LogP contribution < -0.4 is 10.1 Å². The first kappa shape index (κ1) is 20.1. The lowest BCUT2D eigenvalue weighted by Gasteiger charge is -2.13. The molecule has 0 spiro atoms. The molecule has 3 aromatic heterocycles. The van der Waals surface area contributed by atoms with Gasteiger partial charge in [0.05, 0.1) is 12.1 Å². The molecule has 0 saturated heterocycles. The fourth-order valence-corrected chi connectivity index (χ4v) is 4.32. The number of aryl methyl sites for hydroxylation is 2. The first-order valence-corrected chi connectivity index (χ1v) is 10.5. The zero-order valence-electron chi connectivity index (χ0n) is 17.9. The van der Waals surface area contributed by atoms with Gasteiger partial charge in [0.1, 0.15) is 23.7 Å². The molecule has 0 bridgehead atoms. The highest BCUT2D eigenvalue weighted by molar-refractivity contribution is 6.03. The second-order valence-electron chi connectivity index (χ2n) is 7.72. The van der Waals surface area contributed by atoms with E-state index in [2.05, 4.69) is 20.3 Å². The third kappa shape index (κ3) is 3.28. The van der Waals surface area contributed by atoms with Gasteiger partial charge in [0, 0.05) is 54.7 Å². The Balaban J connectivity index is 1.60. The number of benzene rings is 1. The first-order chi connectivity index (χ1) is 15.6. The third-order valence-electron chi connectivity index (χ3n) is 5.92. The summed E-state index contributed by atoms with van der Waals surface area (Å²) in [6.07, 6.45) is 6.74. The summed E-state index contributed by atoms with van der Waals surface area (Å²) in [5, 5.41) is 2.65. The monoisotopic (exact) mass is 431 g/mol. The largest absolute Gasteiger partial charge is 0.493 e. The molecule has 162 valence electrons. The number of nitrogens with one attached hydrogen (secondary N) is 1. The number of ether oxygens (including phenoxy) is 1. The van der Waals surface area contributed by atoms with E-state index in [0.717, 1.165) is 28.1 Å². The molecule has 1 aliphatic rings. The van der Waals surface area contributed by atoms with Crippen molar-refractivity contribution < 1.29 is 13.9 Å². The van der Waals surface area contributed by atoms with Crippen LogP contribution in [0, 0.1) is 12.7 Å². The summed E-state index contributed by atoms with van der Waals surface area (Å²) in [6, 6.07) is 6.94. The molecule has 1 aliphatic heterocycles. The minimum Gasteiger partial charge on any atom is -0.493 e. The van der Waals surface area contributed by atoms with E-state index in [9.17, 15) is 9.18 Å². The highest BCUT2D eigenvalue weighted by Crippen LogP contribution is 2.32. The zero-order chi connectivity index (χ0) is 22.2. The first-order valence-electron chi connectivity index (χ1n) is 10.5. The Morgan fingerprint density at radius 1 is 1.19 bits per heavy atom. The zero-order valence-corrected chi connectivity index (χ0v) is 17.9. The summed E-state index contributed by atoms with van der Waals surface area (Å²) >= 11 is 0. The van der Waals surface area contributed by atoms with Crippen molar-refractivity contribution in [2.75, 3.05) is 13.7 Å². The van der Waals surface area contributed by atoms with Crippen LogP contribution in [0.25, 0.3) is 16.6 Å². The highest BCUT2D eigenvalue weighted by Gasteiger charge is 2.22. The summed E-state index contributed by atoms with van der Waals surface area (Å²) in [5.41, 5.74) is 5.05. The van der Waals surface area contributed by atoms with Crippen LogP contribution >= 0.6 is 0 Å². The van der Waals surface area contributed by atoms with Gasteiger partial charge in [0.2, 0.25) is 0 Å². The molecule has 0 unspecified atom stereocenters. The smallest absolute Gasteiger partial charge is 0.271 e. The molecule has 1 N–H and O–H groups in total. The molecular weight excluding hydrogens is 409 g/mol. The van der Waals surface area contributed by atoms with Gasteiger partial charge in [-0.1, -0.05) is 6.07 Å². The van der Waals surface area contributed by atoms with E-state index in [0.29, 0.717) is 48.5 Å². The molecule has 4 aromatic rings. The van der Waals surface area contributed by atoms with Gasteiger partial charge < -0.3 is 10.1 Å². The van der Waals surface area contributed by atoms with E-state index < -0.39 is 0 Å². The van der Waals surface area contributed by atoms with Crippen LogP contribution in [0.15, 0.2) is 43.0 Å². The van der Waals surface area contributed by atoms with E-state index in [1.165, 1.54) is 6.07 Å². The van der Waals surface area contributed by atoms with Gasteiger partial charge in [0.15, 0.2) is 5.69 Å². The number of imidazole rings is 1. The van der Waals surface area contributed by atoms with E-state index in [4.69, 9.17) is 4.74 Å². The van der Waals surface area contributed by atoms with Gasteiger partial charge in [-0.05, 0) is 37.1 Å². The highest BCUT2D eigenvalue weighted by atomic mass is 19.1. The average Bonchev–Trinajstić information content (AvgIpc) is 3.46. The molecule has 32 heavy (non-hydrogen) atoms. The minimum absolute atomic E-state index is 0.232. The Bertz CT molecular complexity index is 1350. The van der Waals surface area contributed by atoms with Crippen LogP contribution in [0.2, 0.25) is 0 Å². The number of hydrogen-bond acceptors (Lipinski definition) is 5. The number of hydrogen-bond donors (Lipinski definition) is 1. The number of aromatic nitrogens is 4. The van der Waals surface area contributed by atoms with Crippen molar-refractivity contribution in [1.82, 2.24) is 24.7 Å². The molecule has 7 nitrogen and oxygen atoms in total. The average molecular weight is 431 g/mol. The van der Waals surface area contributed by atoms with Crippen molar-refractivity contribution in [3.63, 3.8) is 0 Å². The fourth-order valence-electron chi connectivity index (χ4n) is 4.32. The van der Waals surface area contributed by atoms with Crippen molar-refractivity contribution in [2.24, 2.45) is 0 Å². The van der Waals surface area contributed by atoms with Gasteiger partial charge in [-0.25, -0.2) is 14.4 Å². The van der Waals surface area contributed by atoms with Crippen LogP contribution in [0.3, 0.4) is 0 Å². The van der Waals surface area contributed by atoms with E-state index in [1.807, 2.05) is 23.5 Å². The lowest BCUT2D eigenvalue weighted by Crippen LogP contribution is -2.19. The second kappa shape index (κ2) is 8.03. The summed E-state index contributed by atoms with van der Waals surface area (Å²) in [4.78, 5) is 25.9. The van der Waals surface area contributed by atoms with Crippen LogP contribution in [0.1, 0.15) is 33.1 Å². The lowest BCUT2D eigenvalue weighted by atomic mass is 9.99. The molecule has 5 rings (SSSR count). The molecular formula is C24H22FN5O2. The Hall–Kier alpha value is -3.81. The molecule has 8 heteroatoms. The van der Waals surface area contributed by atoms with Crippen molar-refractivity contribution in [3.8, 4) is 16.9 Å². The number of carbonyl (C=O) groups excluding carboxylic acids is 1. The molecule has 0 fully saturated rings. The number of fused-ring (bicyclic) bond motifs is 2. The predicted molar refractivity (Wildman–Crippen MR) is 117 cm³/mol. The van der Waals surface area contributed by atoms with Crippen molar-refractivity contribution in [2.45, 2.75) is 26.2 Å². The molecule has 0 radical (unpaired) electrons. The van der Waals surface area contributed by atoms with Crippen LogP contribution in [0.5, 0.6) is 5.75 Å². The van der Waals surface area contributed by atoms with Crippen molar-refractivity contribution in [3.05, 3.63) is 77.1 Å². The maximum absolute atomic E-state index is 14.6. The van der Waals surface area contributed by atoms with Crippen molar-refractivity contribution in [1.29, 1.82) is 0 Å². The predicted octanol–water partition coefficient (Wildman–Crippen LogP) is 3.32. The number of amides is 1. The van der Waals surface area contributed by atoms with Crippen molar-refractivity contribution >= 4 is 11.4 Å². The van der Waals surface area contributed by atoms with E-state index in [1.54, 1.807) is 31.8 Å². The quantitative estimate of drug-likeness (QED) is 0.524. The molecule has 1 aromatic carbocycles. The van der Waals surface area contributed by atoms with Gasteiger partial charge in [-0.15, -0.1) is 0 Å². The number of nitrogens with zero attached hydrogens (tertiary/aromatic N) is 4. The maximum Gasteiger partial charge on any atom is 0.271 e. The molecule has 4 heterocycles. The van der Waals surface area contributed by atoms with Crippen LogP contribution in [-0.4, -0.2) is 38.9 Å². The molecule has 0 atom stereocenters. The van der Waals surface area contributed by atoms with E-state index >= 15 is 0 Å². The SMILES string of the molecule is CNC(=O)c1ncn2c(CCc3c(F)ccc4c3CCO4)ncc(-c3cccnc3C)c12. The number of carbonyl (C=O) groups is 1. The summed E-state index contributed by atoms with van der Waals surface area (Å²) in [7, 11) is 1.57. The third-order valence-corrected chi connectivity index (χ3v) is 5.92.